The second-order valence-electron chi connectivity index (χ2n) is 7.14. The van der Waals surface area contributed by atoms with Gasteiger partial charge in [-0.05, 0) is 55.0 Å². The third-order valence-electron chi connectivity index (χ3n) is 4.84. The van der Waals surface area contributed by atoms with E-state index in [-0.39, 0.29) is 6.03 Å². The predicted octanol–water partition coefficient (Wildman–Crippen LogP) is 6.56. The summed E-state index contributed by atoms with van der Waals surface area (Å²) in [5, 5.41) is 8.58. The molecule has 0 saturated heterocycles. The van der Waals surface area contributed by atoms with Crippen LogP contribution < -0.4 is 21.2 Å². The molecule has 4 rings (SSSR count). The first-order chi connectivity index (χ1) is 15.8. The quantitative estimate of drug-likeness (QED) is 0.233. The van der Waals surface area contributed by atoms with Crippen LogP contribution >= 0.6 is 19.7 Å². The van der Waals surface area contributed by atoms with Crippen molar-refractivity contribution in [3.8, 4) is 0 Å². The van der Waals surface area contributed by atoms with Crippen molar-refractivity contribution < 1.29 is 4.79 Å². The molecule has 4 aromatic carbocycles. The topological polar surface area (TPSA) is 41.1 Å². The molecule has 0 aliphatic rings. The number of hydrogen-bond donors (Lipinski definition) is 2. The maximum absolute atomic E-state index is 12.3. The fourth-order valence-corrected chi connectivity index (χ4v) is 6.95. The Morgan fingerprint density at radius 3 is 1.81 bits per heavy atom. The van der Waals surface area contributed by atoms with E-state index < -0.39 is 7.92 Å². The molecule has 4 aromatic rings. The first-order valence-electron chi connectivity index (χ1n) is 10.5. The number of thioether (sulfide) groups is 1. The van der Waals surface area contributed by atoms with Crippen LogP contribution in [-0.2, 0) is 0 Å². The molecule has 0 bridgehead atoms. The first kappa shape index (κ1) is 22.1. The summed E-state index contributed by atoms with van der Waals surface area (Å²) in [7, 11) is -0.398. The molecule has 0 spiro atoms. The monoisotopic (exact) mass is 456 g/mol. The number of hydrogen-bond acceptors (Lipinski definition) is 2. The van der Waals surface area contributed by atoms with Gasteiger partial charge in [-0.2, -0.15) is 0 Å². The molecule has 0 radical (unpaired) electrons. The van der Waals surface area contributed by atoms with E-state index in [9.17, 15) is 4.79 Å². The molecule has 2 amide bonds. The van der Waals surface area contributed by atoms with Crippen LogP contribution in [0.25, 0.3) is 0 Å². The summed E-state index contributed by atoms with van der Waals surface area (Å²) < 4.78 is 0. The largest absolute Gasteiger partial charge is 0.323 e. The Hall–Kier alpha value is -3.07. The minimum absolute atomic E-state index is 0.241. The molecule has 160 valence electrons. The van der Waals surface area contributed by atoms with Gasteiger partial charge in [-0.15, -0.1) is 11.8 Å². The molecule has 3 nitrogen and oxygen atoms in total. The molecular weight excluding hydrogens is 431 g/mol. The van der Waals surface area contributed by atoms with E-state index >= 15 is 0 Å². The van der Waals surface area contributed by atoms with E-state index in [0.29, 0.717) is 0 Å². The molecule has 0 aliphatic carbocycles. The van der Waals surface area contributed by atoms with E-state index in [1.165, 1.54) is 10.6 Å². The van der Waals surface area contributed by atoms with Gasteiger partial charge in [-0.25, -0.2) is 4.79 Å². The lowest BCUT2D eigenvalue weighted by Gasteiger charge is -2.18. The van der Waals surface area contributed by atoms with Crippen LogP contribution in [0.1, 0.15) is 0 Å². The summed E-state index contributed by atoms with van der Waals surface area (Å²) in [5.41, 5.74) is 1.56. The van der Waals surface area contributed by atoms with Gasteiger partial charge in [0.25, 0.3) is 0 Å². The Morgan fingerprint density at radius 1 is 0.656 bits per heavy atom. The lowest BCUT2D eigenvalue weighted by molar-refractivity contribution is 0.262. The smallest absolute Gasteiger partial charge is 0.308 e. The summed E-state index contributed by atoms with van der Waals surface area (Å²) in [4.78, 5) is 13.4. The number of nitrogens with one attached hydrogen (secondary N) is 2. The molecule has 0 saturated carbocycles. The molecule has 2 N–H and O–H groups in total. The van der Waals surface area contributed by atoms with Crippen molar-refractivity contribution in [3.05, 3.63) is 115 Å². The van der Waals surface area contributed by atoms with Gasteiger partial charge in [0.1, 0.15) is 0 Å². The van der Waals surface area contributed by atoms with E-state index in [0.717, 1.165) is 28.2 Å². The Bertz CT molecular complexity index is 1080. The van der Waals surface area contributed by atoms with Crippen LogP contribution in [0.15, 0.2) is 120 Å². The van der Waals surface area contributed by atoms with Gasteiger partial charge in [0, 0.05) is 22.0 Å². The van der Waals surface area contributed by atoms with Gasteiger partial charge in [-0.3, -0.25) is 0 Å². The number of rotatable bonds is 8. The van der Waals surface area contributed by atoms with Gasteiger partial charge in [-0.1, -0.05) is 84.9 Å². The summed E-state index contributed by atoms with van der Waals surface area (Å²) >= 11 is 1.83. The highest BCUT2D eigenvalue weighted by Gasteiger charge is 2.13. The third-order valence-corrected chi connectivity index (χ3v) is 8.65. The van der Waals surface area contributed by atoms with Crippen LogP contribution in [0.3, 0.4) is 0 Å². The van der Waals surface area contributed by atoms with Crippen LogP contribution in [-0.4, -0.2) is 17.9 Å². The first-order valence-corrected chi connectivity index (χ1v) is 13.0. The molecule has 0 unspecified atom stereocenters. The van der Waals surface area contributed by atoms with Crippen molar-refractivity contribution in [2.24, 2.45) is 0 Å². The van der Waals surface area contributed by atoms with Crippen LogP contribution in [0.5, 0.6) is 0 Å². The van der Waals surface area contributed by atoms with Crippen LogP contribution in [0.4, 0.5) is 16.2 Å². The van der Waals surface area contributed by atoms with Crippen molar-refractivity contribution in [1.29, 1.82) is 0 Å². The zero-order chi connectivity index (χ0) is 22.0. The molecule has 0 aliphatic heterocycles. The summed E-state index contributed by atoms with van der Waals surface area (Å²) in [6, 6.07) is 38.8. The third kappa shape index (κ3) is 6.46. The van der Waals surface area contributed by atoms with E-state index in [2.05, 4.69) is 77.4 Å². The normalized spacial score (nSPS) is 10.7. The zero-order valence-electron chi connectivity index (χ0n) is 17.6. The minimum atomic E-state index is -0.398. The second-order valence-corrected chi connectivity index (χ2v) is 10.6. The van der Waals surface area contributed by atoms with Gasteiger partial charge < -0.3 is 10.6 Å². The van der Waals surface area contributed by atoms with Crippen molar-refractivity contribution in [1.82, 2.24) is 0 Å². The van der Waals surface area contributed by atoms with E-state index in [1.807, 2.05) is 60.3 Å². The predicted molar refractivity (Wildman–Crippen MR) is 140 cm³/mol. The number of urea groups is 1. The number of benzene rings is 4. The van der Waals surface area contributed by atoms with Crippen LogP contribution in [0.2, 0.25) is 0 Å². The summed E-state index contributed by atoms with van der Waals surface area (Å²) in [6.45, 7) is 0. The molecule has 5 heteroatoms. The number of anilines is 2. The summed E-state index contributed by atoms with van der Waals surface area (Å²) in [5.74, 6) is 1.01. The number of carbonyl (C=O) groups is 1. The fourth-order valence-electron chi connectivity index (χ4n) is 3.36. The second kappa shape index (κ2) is 11.5. The average Bonchev–Trinajstić information content (AvgIpc) is 2.84. The van der Waals surface area contributed by atoms with Crippen LogP contribution in [0, 0.1) is 0 Å². The lowest BCUT2D eigenvalue weighted by atomic mass is 10.3. The lowest BCUT2D eigenvalue weighted by Crippen LogP contribution is -2.19. The Balaban J connectivity index is 1.36. The average molecular weight is 457 g/mol. The Kier molecular flexibility index (Phi) is 7.97. The van der Waals surface area contributed by atoms with E-state index in [4.69, 9.17) is 0 Å². The molecule has 0 aromatic heterocycles. The highest BCUT2D eigenvalue weighted by molar-refractivity contribution is 7.99. The Labute approximate surface area is 195 Å². The fraction of sp³-hybridized carbons (Fsp3) is 0.0741. The number of carbonyl (C=O) groups excluding carboxylic acids is 1. The summed E-state index contributed by atoms with van der Waals surface area (Å²) in [6.07, 6.45) is 1.10. The SMILES string of the molecule is O=C(Nc1ccccc1)Nc1cccc(SCCP(c2ccccc2)c2ccccc2)c1. The maximum Gasteiger partial charge on any atom is 0.323 e. The van der Waals surface area contributed by atoms with Crippen molar-refractivity contribution in [2.45, 2.75) is 4.90 Å². The van der Waals surface area contributed by atoms with Gasteiger partial charge in [0.05, 0.1) is 0 Å². The Morgan fingerprint density at radius 2 is 1.19 bits per heavy atom. The number of amides is 2. The van der Waals surface area contributed by atoms with Gasteiger partial charge in [0.15, 0.2) is 0 Å². The van der Waals surface area contributed by atoms with Crippen molar-refractivity contribution >= 4 is 47.7 Å². The van der Waals surface area contributed by atoms with Gasteiger partial charge in [0.2, 0.25) is 0 Å². The standard InChI is InChI=1S/C27H25N2OPS/c30-27(28-22-11-4-1-5-12-22)29-23-13-10-18-26(21-23)32-20-19-31(24-14-6-2-7-15-24)25-16-8-3-9-17-25/h1-18,21H,19-20H2,(H2,28,29,30). The molecule has 32 heavy (non-hydrogen) atoms. The van der Waals surface area contributed by atoms with E-state index in [1.54, 1.807) is 0 Å². The highest BCUT2D eigenvalue weighted by atomic mass is 32.2. The maximum atomic E-state index is 12.3. The molecule has 0 atom stereocenters. The van der Waals surface area contributed by atoms with Crippen molar-refractivity contribution in [2.75, 3.05) is 22.5 Å². The molecule has 0 fully saturated rings. The zero-order valence-corrected chi connectivity index (χ0v) is 19.4. The molecule has 0 heterocycles. The highest BCUT2D eigenvalue weighted by Crippen LogP contribution is 2.35. The van der Waals surface area contributed by atoms with Crippen molar-refractivity contribution in [3.63, 3.8) is 0 Å². The van der Waals surface area contributed by atoms with Gasteiger partial charge >= 0.3 is 6.03 Å². The number of para-hydroxylation sites is 1. The minimum Gasteiger partial charge on any atom is -0.308 e. The molecular formula is C27H25N2OPS.